The van der Waals surface area contributed by atoms with E-state index in [-0.39, 0.29) is 65.2 Å². The second-order valence-electron chi connectivity index (χ2n) is 17.2. The Kier molecular flexibility index (Phi) is 9.97. The molecule has 3 saturated heterocycles. The summed E-state index contributed by atoms with van der Waals surface area (Å²) < 4.78 is 16.2. The van der Waals surface area contributed by atoms with Gasteiger partial charge < -0.3 is 10.6 Å². The van der Waals surface area contributed by atoms with Gasteiger partial charge in [-0.05, 0) is 91.8 Å². The molecule has 1 spiro atoms. The Labute approximate surface area is 361 Å². The van der Waals surface area contributed by atoms with Crippen LogP contribution in [0.25, 0.3) is 0 Å². The van der Waals surface area contributed by atoms with Crippen molar-refractivity contribution in [2.24, 2.45) is 5.92 Å². The van der Waals surface area contributed by atoms with Gasteiger partial charge in [-0.3, -0.25) is 43.9 Å². The summed E-state index contributed by atoms with van der Waals surface area (Å²) in [5, 5.41) is 9.66. The maximum Gasteiger partial charge on any atom is 0.262 e. The number of nitrogens with zero attached hydrogens (tertiary/aromatic N) is 2. The van der Waals surface area contributed by atoms with Gasteiger partial charge >= 0.3 is 0 Å². The number of unbranched alkanes of at least 4 members (excludes halogenated alkanes) is 1. The lowest BCUT2D eigenvalue weighted by atomic mass is 9.73. The number of rotatable bonds is 11. The molecule has 3 N–H and O–H groups in total. The third kappa shape index (κ3) is 6.52. The fraction of sp³-hybridized carbons (Fsp3) is 0.362. The quantitative estimate of drug-likeness (QED) is 0.0813. The number of ketones is 1. The van der Waals surface area contributed by atoms with E-state index in [9.17, 15) is 28.8 Å². The molecule has 1 saturated carbocycles. The van der Waals surface area contributed by atoms with Crippen LogP contribution < -0.4 is 16.0 Å². The summed E-state index contributed by atoms with van der Waals surface area (Å²) in [4.78, 5) is 82.1. The maximum atomic E-state index is 16.2. The van der Waals surface area contributed by atoms with Crippen LogP contribution in [-0.4, -0.2) is 69.8 Å². The van der Waals surface area contributed by atoms with Crippen LogP contribution in [0.1, 0.15) is 117 Å². The lowest BCUT2D eigenvalue weighted by Crippen LogP contribution is -2.54. The van der Waals surface area contributed by atoms with Gasteiger partial charge in [0.1, 0.15) is 17.4 Å². The number of fused-ring (bicyclic) bond motifs is 4. The van der Waals surface area contributed by atoms with E-state index in [4.69, 9.17) is 23.2 Å². The van der Waals surface area contributed by atoms with Gasteiger partial charge in [-0.1, -0.05) is 77.8 Å². The van der Waals surface area contributed by atoms with E-state index in [1.54, 1.807) is 42.5 Å². The molecule has 5 amide bonds. The third-order valence-electron chi connectivity index (χ3n) is 13.7. The number of imide groups is 2. The Morgan fingerprint density at radius 1 is 0.869 bits per heavy atom. The van der Waals surface area contributed by atoms with Crippen LogP contribution in [0.4, 0.5) is 10.1 Å². The van der Waals surface area contributed by atoms with Crippen molar-refractivity contribution < 1.29 is 33.2 Å². The standard InChI is InChI=1S/C47H42Cl2FN5O6/c48-28-17-18-31-34(21-28)52-46(61)47(31)40(30-8-4-9-32(49)41(30)50)42-36(54(47)23-24-11-12-24)22-33(51-42)25-13-15-26(16-14-25)37(56)10-2-1-5-27-6-3-7-29-39(27)45(60)55(44(29)59)35-19-20-38(57)53-43(35)58/h3-4,6-9,13-18,21,24,33,35-36,40,42,51H,1-2,5,10-12,19-20,22-23H2,(H,52,61)(H,53,57,58)/t33-,35?,36+,40+,42-,47-/m1/s1. The third-order valence-corrected chi connectivity index (χ3v) is 14.2. The van der Waals surface area contributed by atoms with Crippen molar-refractivity contribution in [3.63, 3.8) is 0 Å². The number of amides is 5. The van der Waals surface area contributed by atoms with Crippen molar-refractivity contribution in [3.05, 3.63) is 134 Å². The molecule has 0 radical (unpaired) electrons. The van der Waals surface area contributed by atoms with Gasteiger partial charge in [-0.2, -0.15) is 0 Å². The fourth-order valence-electron chi connectivity index (χ4n) is 10.7. The van der Waals surface area contributed by atoms with Crippen molar-refractivity contribution in [2.45, 2.75) is 93.4 Å². The summed E-state index contributed by atoms with van der Waals surface area (Å²) in [5.41, 5.74) is 3.40. The van der Waals surface area contributed by atoms with Crippen molar-refractivity contribution in [3.8, 4) is 0 Å². The molecule has 4 aromatic rings. The number of aryl methyl sites for hydroxylation is 1. The number of Topliss-reactive ketones (excluding diaryl/α,β-unsaturated/α-hetero) is 1. The van der Waals surface area contributed by atoms with Gasteiger partial charge in [-0.25, -0.2) is 4.39 Å². The number of hydrogen-bond acceptors (Lipinski definition) is 8. The van der Waals surface area contributed by atoms with Gasteiger partial charge in [0.25, 0.3) is 11.8 Å². The van der Waals surface area contributed by atoms with Gasteiger partial charge in [0, 0.05) is 65.3 Å². The van der Waals surface area contributed by atoms with Crippen LogP contribution in [0, 0.1) is 11.7 Å². The maximum absolute atomic E-state index is 16.2. The molecule has 61 heavy (non-hydrogen) atoms. The van der Waals surface area contributed by atoms with E-state index >= 15 is 4.39 Å². The van der Waals surface area contributed by atoms with E-state index < -0.39 is 46.9 Å². The number of piperidine rings is 1. The Bertz CT molecular complexity index is 2560. The number of halogens is 3. The lowest BCUT2D eigenvalue weighted by molar-refractivity contribution is -0.136. The Morgan fingerprint density at radius 3 is 2.43 bits per heavy atom. The largest absolute Gasteiger partial charge is 0.324 e. The number of carbonyl (C=O) groups excluding carboxylic acids is 6. The first-order chi connectivity index (χ1) is 29.4. The van der Waals surface area contributed by atoms with E-state index in [0.717, 1.165) is 28.9 Å². The Hall–Kier alpha value is -5.27. The lowest BCUT2D eigenvalue weighted by Gasteiger charge is -2.41. The minimum Gasteiger partial charge on any atom is -0.324 e. The predicted octanol–water partition coefficient (Wildman–Crippen LogP) is 7.26. The predicted molar refractivity (Wildman–Crippen MR) is 225 cm³/mol. The van der Waals surface area contributed by atoms with Crippen LogP contribution in [0.2, 0.25) is 10.0 Å². The zero-order valence-corrected chi connectivity index (χ0v) is 34.5. The average Bonchev–Trinajstić information content (AvgIpc) is 3.71. The molecule has 10 rings (SSSR count). The van der Waals surface area contributed by atoms with Gasteiger partial charge in [0.05, 0.1) is 16.1 Å². The minimum atomic E-state index is -1.18. The summed E-state index contributed by atoms with van der Waals surface area (Å²) in [6, 6.07) is 21.6. The van der Waals surface area contributed by atoms with Crippen molar-refractivity contribution in [1.82, 2.24) is 20.4 Å². The summed E-state index contributed by atoms with van der Waals surface area (Å²) in [5.74, 6) is -3.08. The smallest absolute Gasteiger partial charge is 0.262 e. The fourth-order valence-corrected chi connectivity index (χ4v) is 11.1. The van der Waals surface area contributed by atoms with Crippen LogP contribution in [-0.2, 0) is 26.3 Å². The molecule has 5 heterocycles. The van der Waals surface area contributed by atoms with Crippen LogP contribution in [0.5, 0.6) is 0 Å². The zero-order chi connectivity index (χ0) is 42.3. The molecular formula is C47H42Cl2FN5O6. The number of likely N-dealkylation sites (tertiary alicyclic amines) is 1. The molecule has 11 nitrogen and oxygen atoms in total. The van der Waals surface area contributed by atoms with E-state index in [1.807, 2.05) is 30.3 Å². The first kappa shape index (κ1) is 39.8. The topological polar surface area (TPSA) is 145 Å². The van der Waals surface area contributed by atoms with Gasteiger partial charge in [0.15, 0.2) is 5.78 Å². The van der Waals surface area contributed by atoms with E-state index in [2.05, 4.69) is 20.9 Å². The van der Waals surface area contributed by atoms with Crippen LogP contribution in [0.3, 0.4) is 0 Å². The first-order valence-corrected chi connectivity index (χ1v) is 21.8. The monoisotopic (exact) mass is 861 g/mol. The number of carbonyl (C=O) groups is 6. The van der Waals surface area contributed by atoms with Gasteiger partial charge in [0.2, 0.25) is 17.7 Å². The van der Waals surface area contributed by atoms with E-state index in [0.29, 0.717) is 65.5 Å². The van der Waals surface area contributed by atoms with Crippen LogP contribution >= 0.6 is 23.2 Å². The highest BCUT2D eigenvalue weighted by Gasteiger charge is 2.69. The summed E-state index contributed by atoms with van der Waals surface area (Å²) in [6.07, 6.45) is 4.85. The number of anilines is 1. The molecule has 1 unspecified atom stereocenters. The summed E-state index contributed by atoms with van der Waals surface area (Å²) in [6.45, 7) is 0.694. The molecule has 5 aliphatic heterocycles. The molecule has 4 fully saturated rings. The van der Waals surface area contributed by atoms with Crippen molar-refractivity contribution in [2.75, 3.05) is 11.9 Å². The normalized spacial score (nSPS) is 26.8. The Morgan fingerprint density at radius 2 is 1.66 bits per heavy atom. The molecular weight excluding hydrogens is 820 g/mol. The highest BCUT2D eigenvalue weighted by atomic mass is 35.5. The van der Waals surface area contributed by atoms with Crippen LogP contribution in [0.15, 0.2) is 78.9 Å². The molecule has 0 bridgehead atoms. The van der Waals surface area contributed by atoms with Crippen molar-refractivity contribution in [1.29, 1.82) is 0 Å². The van der Waals surface area contributed by atoms with E-state index in [1.165, 1.54) is 6.07 Å². The van der Waals surface area contributed by atoms with Gasteiger partial charge in [-0.15, -0.1) is 0 Å². The number of benzene rings is 4. The first-order valence-electron chi connectivity index (χ1n) is 21.0. The summed E-state index contributed by atoms with van der Waals surface area (Å²) in [7, 11) is 0. The number of nitrogens with one attached hydrogen (secondary N) is 3. The molecule has 0 aromatic heterocycles. The number of hydrogen-bond donors (Lipinski definition) is 3. The molecule has 6 atom stereocenters. The summed E-state index contributed by atoms with van der Waals surface area (Å²) >= 11 is 12.8. The molecule has 4 aromatic carbocycles. The second-order valence-corrected chi connectivity index (χ2v) is 18.1. The molecule has 1 aliphatic carbocycles. The molecule has 312 valence electrons. The molecule has 14 heteroatoms. The van der Waals surface area contributed by atoms with Crippen molar-refractivity contribution >= 4 is 64.2 Å². The average molecular weight is 863 g/mol. The second kappa shape index (κ2) is 15.3. The Balaban J connectivity index is 0.835. The zero-order valence-electron chi connectivity index (χ0n) is 33.0. The minimum absolute atomic E-state index is 0.00270. The SMILES string of the molecule is O=C1CCC(N2C(=O)c3cccc(CCCCC(=O)c4ccc([C@H]5C[C@H]6[C@@H](N5)[C@H](c5cccc(Cl)c5F)[C@]5(C(=O)Nc7cc(Cl)ccc75)N6CC5CC5)cc4)c3C2=O)C(=O)N1. The highest BCUT2D eigenvalue weighted by molar-refractivity contribution is 6.31. The highest BCUT2D eigenvalue weighted by Crippen LogP contribution is 2.61. The molecule has 6 aliphatic rings.